The molecule has 3 rings (SSSR count). The minimum atomic E-state index is -4.17. The molecule has 1 N–H and O–H groups in total. The molecule has 0 radical (unpaired) electrons. The third-order valence-electron chi connectivity index (χ3n) is 3.49. The van der Waals surface area contributed by atoms with E-state index >= 15 is 0 Å². The van der Waals surface area contributed by atoms with Crippen LogP contribution in [0.3, 0.4) is 0 Å². The van der Waals surface area contributed by atoms with Crippen molar-refractivity contribution in [3.8, 4) is 11.3 Å². The molecule has 0 saturated carbocycles. The smallest absolute Gasteiger partial charge is 0.266 e. The van der Waals surface area contributed by atoms with E-state index in [-0.39, 0.29) is 10.9 Å². The molecule has 1 saturated heterocycles. The van der Waals surface area contributed by atoms with Gasteiger partial charge in [-0.3, -0.25) is 14.2 Å². The van der Waals surface area contributed by atoms with Gasteiger partial charge in [0.1, 0.15) is 15.8 Å². The first-order valence-corrected chi connectivity index (χ1v) is 10.9. The summed E-state index contributed by atoms with van der Waals surface area (Å²) in [6, 6.07) is 11.1. The van der Waals surface area contributed by atoms with E-state index in [4.69, 9.17) is 21.2 Å². The molecule has 1 amide bonds. The molecule has 26 heavy (non-hydrogen) atoms. The van der Waals surface area contributed by atoms with Crippen molar-refractivity contribution in [1.82, 2.24) is 4.90 Å². The summed E-state index contributed by atoms with van der Waals surface area (Å²) in [5.74, 6) is 0.138. The Kier molecular flexibility index (Phi) is 5.68. The van der Waals surface area contributed by atoms with Crippen molar-refractivity contribution < 1.29 is 22.2 Å². The molecule has 2 heterocycles. The van der Waals surface area contributed by atoms with Crippen molar-refractivity contribution in [3.63, 3.8) is 0 Å². The molecule has 2 aromatic rings. The summed E-state index contributed by atoms with van der Waals surface area (Å²) in [5, 5.41) is 0. The lowest BCUT2D eigenvalue weighted by atomic mass is 10.2. The Balaban J connectivity index is 1.80. The molecule has 0 atom stereocenters. The molecular formula is C16H12BrNO5S3. The third-order valence-corrected chi connectivity index (χ3v) is 6.25. The molecule has 136 valence electrons. The van der Waals surface area contributed by atoms with Crippen LogP contribution >= 0.6 is 39.9 Å². The van der Waals surface area contributed by atoms with Crippen LogP contribution in [0.1, 0.15) is 5.76 Å². The normalized spacial score (nSPS) is 16.7. The van der Waals surface area contributed by atoms with Gasteiger partial charge in [-0.1, -0.05) is 58.1 Å². The van der Waals surface area contributed by atoms with Crippen molar-refractivity contribution in [3.05, 3.63) is 51.5 Å². The largest absolute Gasteiger partial charge is 0.457 e. The van der Waals surface area contributed by atoms with Crippen molar-refractivity contribution in [2.24, 2.45) is 0 Å². The number of hydrogen-bond acceptors (Lipinski definition) is 6. The highest BCUT2D eigenvalue weighted by Gasteiger charge is 2.32. The second-order valence-electron chi connectivity index (χ2n) is 5.30. The SMILES string of the molecule is O=C1/C(=C\c2ccc(-c3ccccc3Br)o2)SC(=S)N1CCS(=O)(=O)O. The van der Waals surface area contributed by atoms with Crippen LogP contribution in [0.5, 0.6) is 0 Å². The van der Waals surface area contributed by atoms with Gasteiger partial charge in [0.2, 0.25) is 0 Å². The molecule has 0 aliphatic carbocycles. The average molecular weight is 474 g/mol. The minimum absolute atomic E-state index is 0.193. The van der Waals surface area contributed by atoms with E-state index in [2.05, 4.69) is 15.9 Å². The Morgan fingerprint density at radius 1 is 1.27 bits per heavy atom. The second-order valence-corrected chi connectivity index (χ2v) is 9.40. The highest BCUT2D eigenvalue weighted by atomic mass is 79.9. The van der Waals surface area contributed by atoms with Gasteiger partial charge in [-0.25, -0.2) is 0 Å². The molecule has 1 aromatic heterocycles. The highest BCUT2D eigenvalue weighted by molar-refractivity contribution is 9.10. The number of carbonyl (C=O) groups excluding carboxylic acids is 1. The summed E-state index contributed by atoms with van der Waals surface area (Å²) in [6.45, 7) is -0.193. The molecule has 1 fully saturated rings. The fourth-order valence-corrected chi connectivity index (χ4v) is 4.45. The molecule has 0 unspecified atom stereocenters. The zero-order chi connectivity index (χ0) is 18.9. The molecule has 1 aromatic carbocycles. The summed E-state index contributed by atoms with van der Waals surface area (Å²) < 4.78 is 37.5. The molecule has 6 nitrogen and oxygen atoms in total. The Hall–Kier alpha value is -1.46. The van der Waals surface area contributed by atoms with Crippen molar-refractivity contribution >= 4 is 66.3 Å². The van der Waals surface area contributed by atoms with Crippen LogP contribution in [-0.2, 0) is 14.9 Å². The Labute approximate surface area is 168 Å². The van der Waals surface area contributed by atoms with Gasteiger partial charge in [-0.05, 0) is 18.2 Å². The maximum atomic E-state index is 12.4. The van der Waals surface area contributed by atoms with Crippen LogP contribution in [0.25, 0.3) is 17.4 Å². The molecule has 10 heteroatoms. The predicted octanol–water partition coefficient (Wildman–Crippen LogP) is 3.80. The monoisotopic (exact) mass is 473 g/mol. The van der Waals surface area contributed by atoms with Gasteiger partial charge in [-0.15, -0.1) is 0 Å². The maximum absolute atomic E-state index is 12.4. The van der Waals surface area contributed by atoms with Crippen LogP contribution in [0.4, 0.5) is 0 Å². The van der Waals surface area contributed by atoms with Gasteiger partial charge >= 0.3 is 0 Å². The number of furan rings is 1. The third kappa shape index (κ3) is 4.44. The van der Waals surface area contributed by atoms with Crippen molar-refractivity contribution in [2.75, 3.05) is 12.3 Å². The lowest BCUT2D eigenvalue weighted by Gasteiger charge is -2.12. The van der Waals surface area contributed by atoms with E-state index in [0.29, 0.717) is 16.4 Å². The first-order valence-electron chi connectivity index (χ1n) is 7.30. The lowest BCUT2D eigenvalue weighted by molar-refractivity contribution is -0.121. The van der Waals surface area contributed by atoms with Gasteiger partial charge < -0.3 is 4.42 Å². The van der Waals surface area contributed by atoms with Gasteiger partial charge in [0.05, 0.1) is 10.7 Å². The number of thioether (sulfide) groups is 1. The summed E-state index contributed by atoms with van der Waals surface area (Å²) >= 11 is 9.63. The zero-order valence-electron chi connectivity index (χ0n) is 13.1. The van der Waals surface area contributed by atoms with Crippen LogP contribution in [-0.4, -0.2) is 40.4 Å². The quantitative estimate of drug-likeness (QED) is 0.401. The van der Waals surface area contributed by atoms with Gasteiger partial charge in [0.15, 0.2) is 0 Å². The van der Waals surface area contributed by atoms with Gasteiger partial charge in [-0.2, -0.15) is 8.42 Å². The van der Waals surface area contributed by atoms with Crippen LogP contribution in [0.2, 0.25) is 0 Å². The van der Waals surface area contributed by atoms with E-state index in [1.807, 2.05) is 24.3 Å². The summed E-state index contributed by atoms with van der Waals surface area (Å²) in [6.07, 6.45) is 1.56. The Morgan fingerprint density at radius 2 is 2.00 bits per heavy atom. The first-order chi connectivity index (χ1) is 12.2. The van der Waals surface area contributed by atoms with E-state index in [1.54, 1.807) is 18.2 Å². The number of carbonyl (C=O) groups is 1. The summed E-state index contributed by atoms with van der Waals surface area (Å²) in [7, 11) is -4.17. The molecule has 0 spiro atoms. The summed E-state index contributed by atoms with van der Waals surface area (Å²) in [4.78, 5) is 13.9. The second kappa shape index (κ2) is 7.65. The number of rotatable bonds is 5. The molecular weight excluding hydrogens is 462 g/mol. The topological polar surface area (TPSA) is 87.8 Å². The Bertz CT molecular complexity index is 1010. The first kappa shape index (κ1) is 19.3. The molecule has 1 aliphatic rings. The number of hydrogen-bond donors (Lipinski definition) is 1. The number of thiocarbonyl (C=S) groups is 1. The Morgan fingerprint density at radius 3 is 2.69 bits per heavy atom. The van der Waals surface area contributed by atoms with Crippen molar-refractivity contribution in [2.45, 2.75) is 0 Å². The van der Waals surface area contributed by atoms with E-state index < -0.39 is 21.8 Å². The number of amides is 1. The van der Waals surface area contributed by atoms with E-state index in [9.17, 15) is 13.2 Å². The number of nitrogens with zero attached hydrogens (tertiary/aromatic N) is 1. The van der Waals surface area contributed by atoms with Crippen LogP contribution in [0.15, 0.2) is 50.2 Å². The average Bonchev–Trinajstić information content (AvgIpc) is 3.11. The molecule has 0 bridgehead atoms. The van der Waals surface area contributed by atoms with Gasteiger partial charge in [0, 0.05) is 22.7 Å². The van der Waals surface area contributed by atoms with Gasteiger partial charge in [0.25, 0.3) is 16.0 Å². The number of halogens is 1. The van der Waals surface area contributed by atoms with Crippen molar-refractivity contribution in [1.29, 1.82) is 0 Å². The fraction of sp³-hybridized carbons (Fsp3) is 0.125. The van der Waals surface area contributed by atoms with Crippen LogP contribution < -0.4 is 0 Å². The van der Waals surface area contributed by atoms with E-state index in [1.165, 1.54) is 0 Å². The number of benzene rings is 1. The highest BCUT2D eigenvalue weighted by Crippen LogP contribution is 2.34. The maximum Gasteiger partial charge on any atom is 0.266 e. The standard InChI is InChI=1S/C16H12BrNO5S3/c17-12-4-2-1-3-11(12)13-6-5-10(23-13)9-14-15(19)18(16(24)25-14)7-8-26(20,21)22/h1-6,9H,7-8H2,(H,20,21,22)/b14-9+. The fourth-order valence-electron chi connectivity index (χ4n) is 2.26. The zero-order valence-corrected chi connectivity index (χ0v) is 17.1. The van der Waals surface area contributed by atoms with E-state index in [0.717, 1.165) is 26.7 Å². The minimum Gasteiger partial charge on any atom is -0.457 e. The molecule has 1 aliphatic heterocycles. The lowest BCUT2D eigenvalue weighted by Crippen LogP contribution is -2.32. The predicted molar refractivity (Wildman–Crippen MR) is 108 cm³/mol. The summed E-state index contributed by atoms with van der Waals surface area (Å²) in [5.41, 5.74) is 0.882. The van der Waals surface area contributed by atoms with Crippen LogP contribution in [0, 0.1) is 0 Å².